The molecule has 4 unspecified atom stereocenters. The van der Waals surface area contributed by atoms with Gasteiger partial charge in [-0.3, -0.25) is 19.2 Å². The molecule has 1 aliphatic heterocycles. The van der Waals surface area contributed by atoms with Crippen molar-refractivity contribution in [2.45, 2.75) is 116 Å². The maximum Gasteiger partial charge on any atom is 0.408 e. The first kappa shape index (κ1) is 48.3. The number of nitrogens with one attached hydrogen (secondary N) is 6. The molecule has 0 saturated heterocycles. The molecule has 0 spiro atoms. The van der Waals surface area contributed by atoms with Gasteiger partial charge in [0.1, 0.15) is 35.1 Å². The lowest BCUT2D eigenvalue weighted by Gasteiger charge is -2.24. The number of para-hydroxylation sites is 1. The number of carbonyl (C=O) groups excluding carboxylic acids is 6. The molecule has 1 aliphatic rings. The average Bonchev–Trinajstić information content (AvgIpc) is 3.80. The molecule has 4 atom stereocenters. The van der Waals surface area contributed by atoms with Gasteiger partial charge in [0.2, 0.25) is 29.5 Å². The second-order valence-corrected chi connectivity index (χ2v) is 18.2. The summed E-state index contributed by atoms with van der Waals surface area (Å²) in [4.78, 5) is 87.4. The van der Waals surface area contributed by atoms with Crippen LogP contribution in [-0.4, -0.2) is 95.0 Å². The second-order valence-electron chi connectivity index (χ2n) is 18.2. The van der Waals surface area contributed by atoms with Gasteiger partial charge in [-0.2, -0.15) is 0 Å². The fourth-order valence-electron chi connectivity index (χ4n) is 6.95. The number of nitrogens with zero attached hydrogens (tertiary/aromatic N) is 1. The molecule has 5 rings (SSSR count). The largest absolute Gasteiger partial charge is 0.488 e. The first-order valence-corrected chi connectivity index (χ1v) is 21.5. The number of aromatic nitrogens is 1. The number of rotatable bonds is 19. The third-order valence-electron chi connectivity index (χ3n) is 9.77. The quantitative estimate of drug-likeness (QED) is 0.0710. The predicted molar refractivity (Wildman–Crippen MR) is 242 cm³/mol. The number of hydrogen-bond acceptors (Lipinski definition) is 10. The maximum absolute atomic E-state index is 14.0. The Labute approximate surface area is 374 Å². The Morgan fingerprint density at radius 2 is 1.36 bits per heavy atom. The third-order valence-corrected chi connectivity index (χ3v) is 9.77. The molecule has 342 valence electrons. The zero-order valence-electron chi connectivity index (χ0n) is 37.8. The first-order valence-electron chi connectivity index (χ1n) is 21.5. The van der Waals surface area contributed by atoms with Crippen molar-refractivity contribution >= 4 is 52.5 Å². The van der Waals surface area contributed by atoms with Crippen molar-refractivity contribution in [2.75, 3.05) is 13.1 Å². The summed E-state index contributed by atoms with van der Waals surface area (Å²) >= 11 is 0. The van der Waals surface area contributed by atoms with Gasteiger partial charge < -0.3 is 45.8 Å². The molecule has 0 saturated carbocycles. The number of carbonyl (C=O) groups is 6. The number of amides is 5. The minimum atomic E-state index is -1.11. The molecule has 64 heavy (non-hydrogen) atoms. The number of benzene rings is 3. The van der Waals surface area contributed by atoms with E-state index in [1.165, 1.54) is 0 Å². The van der Waals surface area contributed by atoms with Gasteiger partial charge in [-0.15, -0.1) is 0 Å². The van der Waals surface area contributed by atoms with Crippen molar-refractivity contribution in [3.8, 4) is 5.75 Å². The molecule has 16 nitrogen and oxygen atoms in total. The maximum atomic E-state index is 14.0. The summed E-state index contributed by atoms with van der Waals surface area (Å²) < 4.78 is 16.9. The van der Waals surface area contributed by atoms with Gasteiger partial charge in [0.05, 0.1) is 13.1 Å². The van der Waals surface area contributed by atoms with Crippen molar-refractivity contribution < 1.29 is 43.0 Å². The Morgan fingerprint density at radius 3 is 2.02 bits per heavy atom. The van der Waals surface area contributed by atoms with E-state index in [-0.39, 0.29) is 24.7 Å². The third kappa shape index (κ3) is 15.3. The lowest BCUT2D eigenvalue weighted by molar-refractivity contribution is -0.135. The summed E-state index contributed by atoms with van der Waals surface area (Å²) in [5, 5.41) is 14.3. The van der Waals surface area contributed by atoms with Crippen molar-refractivity contribution in [1.29, 1.82) is 0 Å². The van der Waals surface area contributed by atoms with Gasteiger partial charge in [-0.1, -0.05) is 74.5 Å². The minimum absolute atomic E-state index is 0.0700. The second kappa shape index (κ2) is 21.6. The van der Waals surface area contributed by atoms with E-state index >= 15 is 0 Å². The van der Waals surface area contributed by atoms with Gasteiger partial charge in [-0.05, 0) is 88.8 Å². The molecule has 0 fully saturated rings. The summed E-state index contributed by atoms with van der Waals surface area (Å²) in [7, 11) is 0. The number of esters is 1. The number of cyclic esters (lactones) is 1. The Bertz CT molecular complexity index is 2290. The van der Waals surface area contributed by atoms with Crippen LogP contribution in [0.4, 0.5) is 4.79 Å². The number of aromatic amines is 1. The highest BCUT2D eigenvalue weighted by Crippen LogP contribution is 2.24. The Hall–Kier alpha value is -6.71. The van der Waals surface area contributed by atoms with E-state index in [4.69, 9.17) is 14.2 Å². The molecule has 4 aromatic rings. The highest BCUT2D eigenvalue weighted by molar-refractivity contribution is 6.02. The van der Waals surface area contributed by atoms with Crippen molar-refractivity contribution in [3.63, 3.8) is 0 Å². The zero-order chi connectivity index (χ0) is 46.6. The molecule has 0 bridgehead atoms. The van der Waals surface area contributed by atoms with Gasteiger partial charge in [0.25, 0.3) is 0 Å². The topological polar surface area (TPSA) is 218 Å². The van der Waals surface area contributed by atoms with E-state index in [0.717, 1.165) is 22.0 Å². The average molecular weight is 880 g/mol. The van der Waals surface area contributed by atoms with Crippen LogP contribution in [0, 0.1) is 5.92 Å². The lowest BCUT2D eigenvalue weighted by Crippen LogP contribution is -2.54. The number of H-pyrrole nitrogens is 1. The molecule has 6 N–H and O–H groups in total. The molecule has 3 aromatic carbocycles. The van der Waals surface area contributed by atoms with E-state index in [9.17, 15) is 28.8 Å². The molecule has 0 aliphatic carbocycles. The van der Waals surface area contributed by atoms with E-state index < -0.39 is 84.2 Å². The van der Waals surface area contributed by atoms with E-state index in [1.807, 2.05) is 95.4 Å². The zero-order valence-corrected chi connectivity index (χ0v) is 37.8. The molecule has 16 heteroatoms. The fourth-order valence-corrected chi connectivity index (χ4v) is 6.95. The van der Waals surface area contributed by atoms with E-state index in [1.54, 1.807) is 45.0 Å². The highest BCUT2D eigenvalue weighted by Gasteiger charge is 2.36. The van der Waals surface area contributed by atoms with Crippen LogP contribution in [0.2, 0.25) is 0 Å². The monoisotopic (exact) mass is 879 g/mol. The van der Waals surface area contributed by atoms with Crippen molar-refractivity contribution in [2.24, 2.45) is 10.9 Å². The molecule has 5 amide bonds. The van der Waals surface area contributed by atoms with Crippen LogP contribution < -0.4 is 31.3 Å². The van der Waals surface area contributed by atoms with Crippen LogP contribution in [0.15, 0.2) is 90.1 Å². The molecule has 1 aromatic heterocycles. The number of hydrogen-bond donors (Lipinski definition) is 6. The number of alkyl carbamates (subject to hydrolysis) is 1. The van der Waals surface area contributed by atoms with Crippen LogP contribution >= 0.6 is 0 Å². The lowest BCUT2D eigenvalue weighted by atomic mass is 10.0. The van der Waals surface area contributed by atoms with Gasteiger partial charge in [-0.25, -0.2) is 14.6 Å². The van der Waals surface area contributed by atoms with Crippen molar-refractivity contribution in [1.82, 2.24) is 31.6 Å². The van der Waals surface area contributed by atoms with Crippen LogP contribution in [-0.2, 0) is 52.7 Å². The van der Waals surface area contributed by atoms with Gasteiger partial charge in [0.15, 0.2) is 6.04 Å². The minimum Gasteiger partial charge on any atom is -0.488 e. The Morgan fingerprint density at radius 1 is 0.734 bits per heavy atom. The van der Waals surface area contributed by atoms with Crippen molar-refractivity contribution in [3.05, 3.63) is 102 Å². The molecule has 2 heterocycles. The summed E-state index contributed by atoms with van der Waals surface area (Å²) in [6, 6.07) is 20.2. The number of aliphatic imine (C=N–C) groups is 1. The van der Waals surface area contributed by atoms with Crippen LogP contribution in [0.5, 0.6) is 5.75 Å². The summed E-state index contributed by atoms with van der Waals surface area (Å²) in [6.07, 6.45) is 1.94. The summed E-state index contributed by atoms with van der Waals surface area (Å²) in [5.74, 6) is -2.26. The molecule has 0 radical (unpaired) electrons. The van der Waals surface area contributed by atoms with Gasteiger partial charge >= 0.3 is 12.1 Å². The number of fused-ring (bicyclic) bond motifs is 1. The predicted octanol–water partition coefficient (Wildman–Crippen LogP) is 4.84. The Kier molecular flexibility index (Phi) is 16.3. The normalized spacial score (nSPS) is 15.3. The Balaban J connectivity index is 1.20. The summed E-state index contributed by atoms with van der Waals surface area (Å²) in [6.45, 7) is 13.8. The van der Waals surface area contributed by atoms with E-state index in [0.29, 0.717) is 24.2 Å². The van der Waals surface area contributed by atoms with Crippen LogP contribution in [0.3, 0.4) is 0 Å². The molecular formula is C48H61N7O9. The number of ether oxygens (including phenoxy) is 3. The highest BCUT2D eigenvalue weighted by atomic mass is 16.6. The van der Waals surface area contributed by atoms with E-state index in [2.05, 4.69) is 36.6 Å². The SMILES string of the molecule is CC(C)CC(NC(=O)C(Cc1ccccc1)NC(=O)CNC(=O)CNC(=O)C(Cc1ccc(OC(C)(C)C)cc1)NC(=O)OC(C)(C)C)C1=NC(Cc2c[nH]c3ccccc23)C(=O)O1. The van der Waals surface area contributed by atoms with Gasteiger partial charge in [0, 0.05) is 36.4 Å². The fraction of sp³-hybridized carbons (Fsp3) is 0.438. The summed E-state index contributed by atoms with van der Waals surface area (Å²) in [5.41, 5.74) is 2.10. The first-order chi connectivity index (χ1) is 30.2. The smallest absolute Gasteiger partial charge is 0.408 e. The standard InChI is InChI=1S/C48H61N7O9/c1-29(2)22-38(44-54-39(45(60)62-44)25-32-26-49-35-17-13-12-16-34(32)35)53-43(59)37(23-30-14-10-9-11-15-30)52-41(57)28-50-40(56)27-51-42(58)36(55-46(61)64-48(6,7)8)24-31-18-20-33(21-19-31)63-47(3,4)5/h9-21,26,29,36-39,49H,22-25,27-28H2,1-8H3,(H,50,56)(H,51,58)(H,52,57)(H,53,59)(H,55,61). The van der Waals surface area contributed by atoms with Crippen LogP contribution in [0.1, 0.15) is 78.5 Å². The molecular weight excluding hydrogens is 819 g/mol. The van der Waals surface area contributed by atoms with Crippen LogP contribution in [0.25, 0.3) is 10.9 Å².